The summed E-state index contributed by atoms with van der Waals surface area (Å²) in [5.74, 6) is 1.66. The molecule has 0 aromatic carbocycles. The van der Waals surface area contributed by atoms with E-state index < -0.39 is 5.60 Å². The number of hydrogen-bond donors (Lipinski definition) is 2. The quantitative estimate of drug-likeness (QED) is 0.356. The Bertz CT molecular complexity index is 841. The molecule has 3 fully saturated rings. The summed E-state index contributed by atoms with van der Waals surface area (Å²) in [6.45, 7) is 17.0. The molecule has 34 heavy (non-hydrogen) atoms. The number of aliphatic hydroxyl groups excluding tert-OH is 1. The van der Waals surface area contributed by atoms with Gasteiger partial charge in [-0.2, -0.15) is 0 Å². The summed E-state index contributed by atoms with van der Waals surface area (Å²) >= 11 is 0. The lowest BCUT2D eigenvalue weighted by Crippen LogP contribution is -2.56. The van der Waals surface area contributed by atoms with E-state index in [2.05, 4.69) is 47.3 Å². The molecule has 3 saturated carbocycles. The van der Waals surface area contributed by atoms with E-state index in [0.29, 0.717) is 24.2 Å². The van der Waals surface area contributed by atoms with Crippen LogP contribution < -0.4 is 0 Å². The minimum absolute atomic E-state index is 0.0398. The van der Waals surface area contributed by atoms with Gasteiger partial charge in [-0.15, -0.1) is 0 Å². The van der Waals surface area contributed by atoms with Crippen LogP contribution in [0.2, 0.25) is 0 Å². The first-order valence-electron chi connectivity index (χ1n) is 13.8. The molecule has 0 bridgehead atoms. The average Bonchev–Trinajstić information content (AvgIpc) is 3.10. The second kappa shape index (κ2) is 9.07. The van der Waals surface area contributed by atoms with Gasteiger partial charge < -0.3 is 14.9 Å². The maximum Gasteiger partial charge on any atom is 0.303 e. The van der Waals surface area contributed by atoms with E-state index in [-0.39, 0.29) is 40.8 Å². The molecule has 0 unspecified atom stereocenters. The molecule has 0 amide bonds. The number of allylic oxidation sites excluding steroid dienone is 1. The maximum atomic E-state index is 12.1. The molecule has 9 atom stereocenters. The van der Waals surface area contributed by atoms with Gasteiger partial charge >= 0.3 is 5.97 Å². The van der Waals surface area contributed by atoms with Gasteiger partial charge in [0.1, 0.15) is 6.10 Å². The van der Waals surface area contributed by atoms with Crippen LogP contribution in [0.3, 0.4) is 0 Å². The molecule has 0 aliphatic heterocycles. The summed E-state index contributed by atoms with van der Waals surface area (Å²) in [6.07, 6.45) is 10.3. The Balaban J connectivity index is 1.64. The van der Waals surface area contributed by atoms with E-state index in [4.69, 9.17) is 4.74 Å². The predicted molar refractivity (Wildman–Crippen MR) is 136 cm³/mol. The van der Waals surface area contributed by atoms with Crippen molar-refractivity contribution in [3.05, 3.63) is 23.8 Å². The van der Waals surface area contributed by atoms with Gasteiger partial charge in [0, 0.05) is 12.8 Å². The Hall–Kier alpha value is -1.13. The summed E-state index contributed by atoms with van der Waals surface area (Å²) in [5, 5.41) is 22.1. The monoisotopic (exact) mass is 472 g/mol. The number of fused-ring (bicyclic) bond motifs is 5. The third kappa shape index (κ3) is 4.32. The van der Waals surface area contributed by atoms with Gasteiger partial charge in [-0.25, -0.2) is 0 Å². The molecular formula is C30H48O4. The lowest BCUT2D eigenvalue weighted by atomic mass is 9.46. The molecule has 4 rings (SSSR count). The van der Waals surface area contributed by atoms with E-state index >= 15 is 0 Å². The van der Waals surface area contributed by atoms with Crippen LogP contribution in [-0.4, -0.2) is 34.0 Å². The van der Waals surface area contributed by atoms with Crippen LogP contribution in [0.4, 0.5) is 0 Å². The lowest BCUT2D eigenvalue weighted by Gasteiger charge is -2.60. The first kappa shape index (κ1) is 25.9. The van der Waals surface area contributed by atoms with Crippen molar-refractivity contribution in [1.29, 1.82) is 0 Å². The first-order valence-corrected chi connectivity index (χ1v) is 13.8. The molecule has 192 valence electrons. The normalized spacial score (nSPS) is 43.3. The molecule has 0 spiro atoms. The Morgan fingerprint density at radius 1 is 1.21 bits per heavy atom. The largest absolute Gasteiger partial charge is 0.458 e. The van der Waals surface area contributed by atoms with E-state index in [0.717, 1.165) is 51.4 Å². The minimum Gasteiger partial charge on any atom is -0.458 e. The van der Waals surface area contributed by atoms with E-state index in [1.165, 1.54) is 18.1 Å². The second-order valence-electron chi connectivity index (χ2n) is 13.2. The van der Waals surface area contributed by atoms with Crippen molar-refractivity contribution in [2.75, 3.05) is 0 Å². The molecule has 0 aromatic heterocycles. The standard InChI is InChI=1S/C30H48O4/c1-18(2)19(3)10-15-30(7,33)26-9-8-23-27-24(12-14-29(23,26)6)28(5)13-11-22(32)16-21(28)17-25(27)34-20(4)31/h17-18,22-27,32-33H,3,8-16H2,1-2,4-7H3/t22-,23-,24-,25+,26-,27-,28-,29-,30-/m0/s1. The van der Waals surface area contributed by atoms with E-state index in [1.54, 1.807) is 0 Å². The number of rotatable bonds is 6. The zero-order valence-electron chi connectivity index (χ0n) is 22.4. The summed E-state index contributed by atoms with van der Waals surface area (Å²) in [5.41, 5.74) is 1.92. The summed E-state index contributed by atoms with van der Waals surface area (Å²) in [4.78, 5) is 12.1. The highest BCUT2D eigenvalue weighted by molar-refractivity contribution is 5.66. The van der Waals surface area contributed by atoms with E-state index in [9.17, 15) is 15.0 Å². The molecule has 4 nitrogen and oxygen atoms in total. The summed E-state index contributed by atoms with van der Waals surface area (Å²) in [6, 6.07) is 0. The number of esters is 1. The predicted octanol–water partition coefficient (Wildman–Crippen LogP) is 6.21. The fourth-order valence-corrected chi connectivity index (χ4v) is 8.81. The van der Waals surface area contributed by atoms with Crippen LogP contribution in [0, 0.1) is 40.4 Å². The number of carbonyl (C=O) groups excluding carboxylic acids is 1. The molecule has 2 N–H and O–H groups in total. The van der Waals surface area contributed by atoms with Crippen molar-refractivity contribution >= 4 is 5.97 Å². The van der Waals surface area contributed by atoms with E-state index in [1.807, 2.05) is 0 Å². The first-order chi connectivity index (χ1) is 15.8. The van der Waals surface area contributed by atoms with Crippen molar-refractivity contribution in [3.8, 4) is 0 Å². The Morgan fingerprint density at radius 2 is 1.91 bits per heavy atom. The van der Waals surface area contributed by atoms with Crippen molar-refractivity contribution in [2.45, 2.75) is 117 Å². The minimum atomic E-state index is -0.723. The van der Waals surface area contributed by atoms with Gasteiger partial charge in [-0.1, -0.05) is 45.4 Å². The van der Waals surface area contributed by atoms with Crippen LogP contribution in [0.5, 0.6) is 0 Å². The maximum absolute atomic E-state index is 12.1. The van der Waals surface area contributed by atoms with Gasteiger partial charge in [0.15, 0.2) is 0 Å². The van der Waals surface area contributed by atoms with Crippen molar-refractivity contribution in [3.63, 3.8) is 0 Å². The number of hydrogen-bond acceptors (Lipinski definition) is 4. The van der Waals surface area contributed by atoms with Crippen molar-refractivity contribution < 1.29 is 19.7 Å². The smallest absolute Gasteiger partial charge is 0.303 e. The Kier molecular flexibility index (Phi) is 6.92. The van der Waals surface area contributed by atoms with Crippen LogP contribution >= 0.6 is 0 Å². The fourth-order valence-electron chi connectivity index (χ4n) is 8.81. The molecular weight excluding hydrogens is 424 g/mol. The molecule has 0 saturated heterocycles. The van der Waals surface area contributed by atoms with Crippen molar-refractivity contribution in [1.82, 2.24) is 0 Å². The summed E-state index contributed by atoms with van der Waals surface area (Å²) in [7, 11) is 0. The SMILES string of the molecule is C=C(CC[C@](C)(O)[C@H]1CC[C@H]2[C@@H]3[C@H](OC(C)=O)C=C4C[C@@H](O)CC[C@]4(C)[C@H]3CC[C@@]21C)C(C)C. The third-order valence-corrected chi connectivity index (χ3v) is 10.9. The molecule has 0 heterocycles. The number of carbonyl (C=O) groups is 1. The van der Waals surface area contributed by atoms with Gasteiger partial charge in [0.2, 0.25) is 0 Å². The summed E-state index contributed by atoms with van der Waals surface area (Å²) < 4.78 is 6.00. The number of ether oxygens (including phenoxy) is 1. The zero-order valence-corrected chi connectivity index (χ0v) is 22.4. The Morgan fingerprint density at radius 3 is 2.56 bits per heavy atom. The van der Waals surface area contributed by atoms with Crippen LogP contribution in [0.25, 0.3) is 0 Å². The van der Waals surface area contributed by atoms with Gasteiger partial charge in [-0.05, 0) is 105 Å². The highest BCUT2D eigenvalue weighted by Gasteiger charge is 2.63. The highest BCUT2D eigenvalue weighted by atomic mass is 16.5. The van der Waals surface area contributed by atoms with Crippen LogP contribution in [0.1, 0.15) is 99.3 Å². The van der Waals surface area contributed by atoms with Crippen LogP contribution in [0.15, 0.2) is 23.8 Å². The highest BCUT2D eigenvalue weighted by Crippen LogP contribution is 2.68. The van der Waals surface area contributed by atoms with Gasteiger partial charge in [-0.3, -0.25) is 4.79 Å². The lowest BCUT2D eigenvalue weighted by molar-refractivity contribution is -0.162. The molecule has 0 radical (unpaired) electrons. The molecule has 0 aromatic rings. The van der Waals surface area contributed by atoms with Gasteiger partial charge in [0.25, 0.3) is 0 Å². The number of aliphatic hydroxyl groups is 2. The van der Waals surface area contributed by atoms with Gasteiger partial charge in [0.05, 0.1) is 11.7 Å². The second-order valence-corrected chi connectivity index (χ2v) is 13.2. The topological polar surface area (TPSA) is 66.8 Å². The van der Waals surface area contributed by atoms with Crippen molar-refractivity contribution in [2.24, 2.45) is 40.4 Å². The molecule has 4 aliphatic carbocycles. The zero-order chi connectivity index (χ0) is 25.1. The molecule has 4 heteroatoms. The van der Waals surface area contributed by atoms with Crippen LogP contribution in [-0.2, 0) is 9.53 Å². The Labute approximate surface area is 207 Å². The average molecular weight is 473 g/mol. The third-order valence-electron chi connectivity index (χ3n) is 10.9. The fraction of sp³-hybridized carbons (Fsp3) is 0.833. The molecule has 4 aliphatic rings.